The molecule has 1 saturated heterocycles. The topological polar surface area (TPSA) is 75.7 Å². The Morgan fingerprint density at radius 1 is 1.03 bits per heavy atom. The van der Waals surface area contributed by atoms with Crippen LogP contribution in [0, 0.1) is 0 Å². The fourth-order valence-corrected chi connectivity index (χ4v) is 5.45. The summed E-state index contributed by atoms with van der Waals surface area (Å²) in [5.41, 5.74) is 1.38. The highest BCUT2D eigenvalue weighted by Crippen LogP contribution is 2.56. The molecule has 150 valence electrons. The molecule has 5 rings (SSSR count). The monoisotopic (exact) mass is 418 g/mol. The maximum absolute atomic E-state index is 13.0. The van der Waals surface area contributed by atoms with Crippen LogP contribution in [0.4, 0.5) is 11.4 Å². The predicted octanol–water partition coefficient (Wildman–Crippen LogP) is 3.95. The lowest BCUT2D eigenvalue weighted by Gasteiger charge is -2.28. The Bertz CT molecular complexity index is 1190. The molecule has 1 N–H and O–H groups in total. The minimum absolute atomic E-state index is 0.107. The minimum Gasteiger partial charge on any atom is -0.453 e. The van der Waals surface area contributed by atoms with Crippen LogP contribution in [0.1, 0.15) is 12.8 Å². The Morgan fingerprint density at radius 2 is 1.80 bits per heavy atom. The lowest BCUT2D eigenvalue weighted by Crippen LogP contribution is -2.48. The lowest BCUT2D eigenvalue weighted by molar-refractivity contribution is -0.149. The van der Waals surface area contributed by atoms with Crippen LogP contribution in [0.25, 0.3) is 10.8 Å². The van der Waals surface area contributed by atoms with Crippen molar-refractivity contribution in [2.24, 2.45) is 0 Å². The summed E-state index contributed by atoms with van der Waals surface area (Å²) in [4.78, 5) is 39.2. The third-order valence-electron chi connectivity index (χ3n) is 5.39. The van der Waals surface area contributed by atoms with E-state index in [0.29, 0.717) is 12.1 Å². The molecule has 2 aliphatic rings. The van der Waals surface area contributed by atoms with E-state index in [9.17, 15) is 14.4 Å². The summed E-state index contributed by atoms with van der Waals surface area (Å²) >= 11 is 1.32. The largest absolute Gasteiger partial charge is 0.453 e. The summed E-state index contributed by atoms with van der Waals surface area (Å²) < 4.78 is 5.39. The second kappa shape index (κ2) is 7.18. The fraction of sp³-hybridized carbons (Fsp3) is 0.174. The van der Waals surface area contributed by atoms with Crippen LogP contribution < -0.4 is 10.2 Å². The SMILES string of the molecule is O=C(COC(=O)[C@@]12CCC(=O)N1c1ccccc1S2)Nc1cccc2ccccc12. The Kier molecular flexibility index (Phi) is 4.47. The number of ether oxygens (including phenoxy) is 1. The Hall–Kier alpha value is -3.32. The number of rotatable bonds is 4. The number of anilines is 2. The Balaban J connectivity index is 1.30. The van der Waals surface area contributed by atoms with Crippen LogP contribution in [0.5, 0.6) is 0 Å². The van der Waals surface area contributed by atoms with Crippen LogP contribution in [0.15, 0.2) is 71.6 Å². The van der Waals surface area contributed by atoms with Gasteiger partial charge in [-0.25, -0.2) is 4.79 Å². The van der Waals surface area contributed by atoms with Gasteiger partial charge in [0.05, 0.1) is 5.69 Å². The smallest absolute Gasteiger partial charge is 0.344 e. The number of carbonyl (C=O) groups is 3. The molecule has 0 spiro atoms. The van der Waals surface area contributed by atoms with E-state index in [2.05, 4.69) is 5.32 Å². The zero-order valence-electron chi connectivity index (χ0n) is 16.0. The van der Waals surface area contributed by atoms with Crippen LogP contribution in [0.2, 0.25) is 0 Å². The molecule has 3 aromatic carbocycles. The first-order valence-electron chi connectivity index (χ1n) is 9.64. The first-order valence-corrected chi connectivity index (χ1v) is 10.5. The zero-order valence-corrected chi connectivity index (χ0v) is 16.8. The second-order valence-corrected chi connectivity index (χ2v) is 8.55. The predicted molar refractivity (Wildman–Crippen MR) is 115 cm³/mol. The molecule has 7 heteroatoms. The van der Waals surface area contributed by atoms with E-state index in [4.69, 9.17) is 4.74 Å². The van der Waals surface area contributed by atoms with Gasteiger partial charge in [-0.05, 0) is 23.6 Å². The van der Waals surface area contributed by atoms with Gasteiger partial charge >= 0.3 is 5.97 Å². The zero-order chi connectivity index (χ0) is 20.7. The van der Waals surface area contributed by atoms with E-state index in [1.807, 2.05) is 66.7 Å². The number of esters is 1. The number of thioether (sulfide) groups is 1. The fourth-order valence-electron chi connectivity index (χ4n) is 4.04. The van der Waals surface area contributed by atoms with Gasteiger partial charge in [-0.15, -0.1) is 0 Å². The van der Waals surface area contributed by atoms with Gasteiger partial charge in [0.15, 0.2) is 11.5 Å². The highest BCUT2D eigenvalue weighted by Gasteiger charge is 2.58. The van der Waals surface area contributed by atoms with Crippen molar-refractivity contribution in [2.75, 3.05) is 16.8 Å². The molecular formula is C23H18N2O4S. The molecule has 2 amide bonds. The maximum atomic E-state index is 13.0. The molecule has 0 aromatic heterocycles. The second-order valence-electron chi connectivity index (χ2n) is 7.23. The number of carbonyl (C=O) groups excluding carboxylic acids is 3. The van der Waals surface area contributed by atoms with E-state index >= 15 is 0 Å². The molecule has 6 nitrogen and oxygen atoms in total. The van der Waals surface area contributed by atoms with E-state index < -0.39 is 23.4 Å². The summed E-state index contributed by atoms with van der Waals surface area (Å²) in [5, 5.41) is 4.73. The molecule has 0 radical (unpaired) electrons. The third-order valence-corrected chi connectivity index (χ3v) is 6.85. The van der Waals surface area contributed by atoms with Crippen LogP contribution in [-0.4, -0.2) is 29.3 Å². The van der Waals surface area contributed by atoms with Gasteiger partial charge < -0.3 is 10.1 Å². The van der Waals surface area contributed by atoms with Gasteiger partial charge in [-0.2, -0.15) is 0 Å². The lowest BCUT2D eigenvalue weighted by atomic mass is 10.1. The molecule has 0 unspecified atom stereocenters. The molecule has 0 aliphatic carbocycles. The van der Waals surface area contributed by atoms with Crippen molar-refractivity contribution >= 4 is 51.7 Å². The number of fused-ring (bicyclic) bond motifs is 4. The van der Waals surface area contributed by atoms with Crippen molar-refractivity contribution in [2.45, 2.75) is 22.6 Å². The average Bonchev–Trinajstić information content (AvgIpc) is 3.28. The molecule has 30 heavy (non-hydrogen) atoms. The Labute approximate surface area is 177 Å². The van der Waals surface area contributed by atoms with E-state index in [0.717, 1.165) is 21.4 Å². The van der Waals surface area contributed by atoms with Gasteiger partial charge in [0.1, 0.15) is 0 Å². The standard InChI is InChI=1S/C23H18N2O4S/c26-20(24-17-9-5-7-15-6-1-2-8-16(15)17)14-29-22(28)23-13-12-21(27)25(23)18-10-3-4-11-19(18)30-23/h1-11H,12-14H2,(H,24,26)/t23-/m0/s1. The third kappa shape index (κ3) is 2.93. The normalized spacial score (nSPS) is 19.5. The molecule has 2 heterocycles. The maximum Gasteiger partial charge on any atom is 0.344 e. The Morgan fingerprint density at radius 3 is 2.70 bits per heavy atom. The number of benzene rings is 3. The number of para-hydroxylation sites is 1. The molecule has 3 aromatic rings. The summed E-state index contributed by atoms with van der Waals surface area (Å²) in [6, 6.07) is 20.8. The highest BCUT2D eigenvalue weighted by atomic mass is 32.2. The molecule has 0 saturated carbocycles. The highest BCUT2D eigenvalue weighted by molar-refractivity contribution is 8.02. The van der Waals surface area contributed by atoms with Crippen molar-refractivity contribution in [3.05, 3.63) is 66.7 Å². The van der Waals surface area contributed by atoms with Crippen molar-refractivity contribution in [1.29, 1.82) is 0 Å². The van der Waals surface area contributed by atoms with Crippen molar-refractivity contribution in [3.8, 4) is 0 Å². The van der Waals surface area contributed by atoms with Gasteiger partial charge in [0.2, 0.25) is 5.91 Å². The number of amides is 2. The number of nitrogens with one attached hydrogen (secondary N) is 1. The number of nitrogens with zero attached hydrogens (tertiary/aromatic N) is 1. The molecule has 1 atom stereocenters. The van der Waals surface area contributed by atoms with E-state index in [1.165, 1.54) is 16.7 Å². The first kappa shape index (κ1) is 18.7. The van der Waals surface area contributed by atoms with Crippen molar-refractivity contribution < 1.29 is 19.1 Å². The molecule has 1 fully saturated rings. The van der Waals surface area contributed by atoms with Gasteiger partial charge in [-0.3, -0.25) is 14.5 Å². The average molecular weight is 418 g/mol. The van der Waals surface area contributed by atoms with Gasteiger partial charge in [0, 0.05) is 28.8 Å². The van der Waals surface area contributed by atoms with Crippen LogP contribution in [-0.2, 0) is 19.1 Å². The van der Waals surface area contributed by atoms with Crippen LogP contribution in [0.3, 0.4) is 0 Å². The summed E-state index contributed by atoms with van der Waals surface area (Å²) in [6.45, 7) is -0.414. The van der Waals surface area contributed by atoms with Crippen LogP contribution >= 0.6 is 11.8 Å². The summed E-state index contributed by atoms with van der Waals surface area (Å²) in [7, 11) is 0. The summed E-state index contributed by atoms with van der Waals surface area (Å²) in [6.07, 6.45) is 0.633. The van der Waals surface area contributed by atoms with Gasteiger partial charge in [0.25, 0.3) is 5.91 Å². The minimum atomic E-state index is -1.12. The van der Waals surface area contributed by atoms with Gasteiger partial charge in [-0.1, -0.05) is 60.3 Å². The van der Waals surface area contributed by atoms with E-state index in [1.54, 1.807) is 0 Å². The molecular weight excluding hydrogens is 400 g/mol. The number of hydrogen-bond donors (Lipinski definition) is 1. The summed E-state index contributed by atoms with van der Waals surface area (Å²) in [5.74, 6) is -1.10. The molecule has 2 aliphatic heterocycles. The van der Waals surface area contributed by atoms with E-state index in [-0.39, 0.29) is 12.3 Å². The quantitative estimate of drug-likeness (QED) is 0.650. The van der Waals surface area contributed by atoms with Crippen molar-refractivity contribution in [3.63, 3.8) is 0 Å². The molecule has 0 bridgehead atoms. The first-order chi connectivity index (χ1) is 14.6. The van der Waals surface area contributed by atoms with Crippen molar-refractivity contribution in [1.82, 2.24) is 0 Å². The number of hydrogen-bond acceptors (Lipinski definition) is 5.